The molecule has 5 heteroatoms. The molecule has 0 atom stereocenters. The number of unbranched alkanes of at least 4 members (excludes halogenated alkanes) is 3. The van der Waals surface area contributed by atoms with E-state index in [1.54, 1.807) is 0 Å². The van der Waals surface area contributed by atoms with Crippen LogP contribution in [0, 0.1) is 0 Å². The fraction of sp³-hybridized carbons (Fsp3) is 0.500. The molecular formula is C12H17Br2NO2. The van der Waals surface area contributed by atoms with Crippen LogP contribution in [0.1, 0.15) is 25.7 Å². The summed E-state index contributed by atoms with van der Waals surface area (Å²) in [7, 11) is 0. The number of ether oxygens (including phenoxy) is 1. The number of benzene rings is 1. The molecule has 0 aromatic heterocycles. The first-order valence-corrected chi connectivity index (χ1v) is 7.22. The number of aliphatic hydroxyl groups is 1. The molecule has 0 fully saturated rings. The van der Waals surface area contributed by atoms with E-state index < -0.39 is 0 Å². The third-order valence-corrected chi connectivity index (χ3v) is 3.50. The minimum Gasteiger partial charge on any atom is -0.491 e. The molecule has 1 aromatic rings. The lowest BCUT2D eigenvalue weighted by atomic mass is 10.2. The first kappa shape index (κ1) is 14.8. The van der Waals surface area contributed by atoms with Crippen molar-refractivity contribution in [3.8, 4) is 5.75 Å². The highest BCUT2D eigenvalue weighted by Gasteiger charge is 2.07. The van der Waals surface area contributed by atoms with Crippen molar-refractivity contribution in [2.75, 3.05) is 18.9 Å². The predicted octanol–water partition coefficient (Wildman–Crippen LogP) is 3.73. The molecule has 0 radical (unpaired) electrons. The molecule has 0 amide bonds. The Bertz CT molecular complexity index is 335. The van der Waals surface area contributed by atoms with Crippen LogP contribution in [0.2, 0.25) is 0 Å². The standard InChI is InChI=1S/C12H17Br2NO2/c13-10-7-9(15)8-11(14)12(10)17-6-4-2-1-3-5-16/h7-8,16H,1-6,15H2. The highest BCUT2D eigenvalue weighted by Crippen LogP contribution is 2.35. The molecule has 1 aromatic carbocycles. The molecule has 96 valence electrons. The van der Waals surface area contributed by atoms with Gasteiger partial charge in [0.05, 0.1) is 15.6 Å². The summed E-state index contributed by atoms with van der Waals surface area (Å²) in [5.74, 6) is 0.793. The van der Waals surface area contributed by atoms with Crippen molar-refractivity contribution in [2.24, 2.45) is 0 Å². The number of anilines is 1. The van der Waals surface area contributed by atoms with Gasteiger partial charge in [-0.15, -0.1) is 0 Å². The summed E-state index contributed by atoms with van der Waals surface area (Å²) in [4.78, 5) is 0. The molecule has 0 aliphatic rings. The van der Waals surface area contributed by atoms with E-state index in [0.29, 0.717) is 12.3 Å². The van der Waals surface area contributed by atoms with E-state index in [4.69, 9.17) is 15.6 Å². The van der Waals surface area contributed by atoms with Crippen molar-refractivity contribution in [2.45, 2.75) is 25.7 Å². The number of hydrogen-bond donors (Lipinski definition) is 2. The lowest BCUT2D eigenvalue weighted by Crippen LogP contribution is -1.99. The minimum absolute atomic E-state index is 0.274. The van der Waals surface area contributed by atoms with Crippen molar-refractivity contribution in [3.63, 3.8) is 0 Å². The lowest BCUT2D eigenvalue weighted by Gasteiger charge is -2.11. The maximum atomic E-state index is 8.64. The summed E-state index contributed by atoms with van der Waals surface area (Å²) in [6.45, 7) is 0.947. The van der Waals surface area contributed by atoms with E-state index >= 15 is 0 Å². The smallest absolute Gasteiger partial charge is 0.147 e. The van der Waals surface area contributed by atoms with E-state index in [9.17, 15) is 0 Å². The number of hydrogen-bond acceptors (Lipinski definition) is 3. The molecule has 3 nitrogen and oxygen atoms in total. The molecular weight excluding hydrogens is 350 g/mol. The zero-order valence-corrected chi connectivity index (χ0v) is 12.8. The van der Waals surface area contributed by atoms with Crippen molar-refractivity contribution in [1.29, 1.82) is 0 Å². The van der Waals surface area contributed by atoms with Crippen molar-refractivity contribution >= 4 is 37.5 Å². The molecule has 17 heavy (non-hydrogen) atoms. The summed E-state index contributed by atoms with van der Waals surface area (Å²) in [6, 6.07) is 3.65. The molecule has 1 rings (SSSR count). The Balaban J connectivity index is 2.36. The Morgan fingerprint density at radius 3 is 2.24 bits per heavy atom. The number of nitrogens with two attached hydrogens (primary N) is 1. The van der Waals surface area contributed by atoms with E-state index in [-0.39, 0.29) is 6.61 Å². The second kappa shape index (κ2) is 7.95. The largest absolute Gasteiger partial charge is 0.491 e. The Hall–Kier alpha value is -0.260. The van der Waals surface area contributed by atoms with E-state index in [0.717, 1.165) is 40.4 Å². The van der Waals surface area contributed by atoms with Gasteiger partial charge in [-0.25, -0.2) is 0 Å². The summed E-state index contributed by atoms with van der Waals surface area (Å²) in [6.07, 6.45) is 3.98. The molecule has 0 unspecified atom stereocenters. The van der Waals surface area contributed by atoms with Gasteiger partial charge >= 0.3 is 0 Å². The van der Waals surface area contributed by atoms with Crippen LogP contribution in [0.25, 0.3) is 0 Å². The van der Waals surface area contributed by atoms with E-state index in [2.05, 4.69) is 31.9 Å². The molecule has 0 heterocycles. The Kier molecular flexibility index (Phi) is 6.92. The molecule has 0 saturated heterocycles. The van der Waals surface area contributed by atoms with Gasteiger partial charge in [-0.2, -0.15) is 0 Å². The fourth-order valence-electron chi connectivity index (χ4n) is 1.46. The summed E-state index contributed by atoms with van der Waals surface area (Å²) in [5, 5.41) is 8.64. The van der Waals surface area contributed by atoms with Gasteiger partial charge in [-0.3, -0.25) is 0 Å². The molecule has 3 N–H and O–H groups in total. The zero-order chi connectivity index (χ0) is 12.7. The Labute approximate surface area is 119 Å². The van der Waals surface area contributed by atoms with Gasteiger partial charge in [0.2, 0.25) is 0 Å². The van der Waals surface area contributed by atoms with Gasteiger partial charge in [0.25, 0.3) is 0 Å². The second-order valence-corrected chi connectivity index (χ2v) is 5.51. The third kappa shape index (κ3) is 5.27. The molecule has 0 bridgehead atoms. The van der Waals surface area contributed by atoms with Crippen LogP contribution in [-0.2, 0) is 0 Å². The highest BCUT2D eigenvalue weighted by atomic mass is 79.9. The van der Waals surface area contributed by atoms with Gasteiger partial charge < -0.3 is 15.6 Å². The van der Waals surface area contributed by atoms with Gasteiger partial charge in [-0.1, -0.05) is 6.42 Å². The van der Waals surface area contributed by atoms with E-state index in [1.165, 1.54) is 0 Å². The first-order valence-electron chi connectivity index (χ1n) is 5.63. The van der Waals surface area contributed by atoms with Gasteiger partial charge in [0, 0.05) is 12.3 Å². The maximum absolute atomic E-state index is 8.64. The average Bonchev–Trinajstić information content (AvgIpc) is 2.26. The van der Waals surface area contributed by atoms with Crippen molar-refractivity contribution in [1.82, 2.24) is 0 Å². The number of halogens is 2. The normalized spacial score (nSPS) is 10.5. The summed E-state index contributed by atoms with van der Waals surface area (Å²) >= 11 is 6.85. The minimum atomic E-state index is 0.274. The number of aliphatic hydroxyl groups excluding tert-OH is 1. The van der Waals surface area contributed by atoms with Crippen LogP contribution in [0.4, 0.5) is 5.69 Å². The quantitative estimate of drug-likeness (QED) is 0.571. The lowest BCUT2D eigenvalue weighted by molar-refractivity contribution is 0.272. The zero-order valence-electron chi connectivity index (χ0n) is 9.59. The van der Waals surface area contributed by atoms with Crippen molar-refractivity contribution < 1.29 is 9.84 Å². The van der Waals surface area contributed by atoms with Crippen molar-refractivity contribution in [3.05, 3.63) is 21.1 Å². The monoisotopic (exact) mass is 365 g/mol. The molecule has 0 aliphatic heterocycles. The maximum Gasteiger partial charge on any atom is 0.147 e. The van der Waals surface area contributed by atoms with Crippen LogP contribution in [0.5, 0.6) is 5.75 Å². The third-order valence-electron chi connectivity index (χ3n) is 2.32. The van der Waals surface area contributed by atoms with Gasteiger partial charge in [0.15, 0.2) is 0 Å². The van der Waals surface area contributed by atoms with Crippen LogP contribution in [0.3, 0.4) is 0 Å². The Morgan fingerprint density at radius 2 is 1.65 bits per heavy atom. The topological polar surface area (TPSA) is 55.5 Å². The SMILES string of the molecule is Nc1cc(Br)c(OCCCCCCO)c(Br)c1. The van der Waals surface area contributed by atoms with Gasteiger partial charge in [0.1, 0.15) is 5.75 Å². The molecule has 0 saturated carbocycles. The average molecular weight is 367 g/mol. The number of nitrogen functional groups attached to an aromatic ring is 1. The van der Waals surface area contributed by atoms with Crippen LogP contribution in [-0.4, -0.2) is 18.3 Å². The number of rotatable bonds is 7. The van der Waals surface area contributed by atoms with Gasteiger partial charge in [-0.05, 0) is 63.3 Å². The summed E-state index contributed by atoms with van der Waals surface area (Å²) in [5.41, 5.74) is 6.39. The van der Waals surface area contributed by atoms with E-state index in [1.807, 2.05) is 12.1 Å². The first-order chi connectivity index (χ1) is 8.15. The van der Waals surface area contributed by atoms with Crippen LogP contribution >= 0.6 is 31.9 Å². The Morgan fingerprint density at radius 1 is 1.06 bits per heavy atom. The fourth-order valence-corrected chi connectivity index (χ4v) is 2.91. The van der Waals surface area contributed by atoms with Crippen LogP contribution < -0.4 is 10.5 Å². The predicted molar refractivity (Wildman–Crippen MR) is 77.3 cm³/mol. The molecule has 0 spiro atoms. The summed E-state index contributed by atoms with van der Waals surface area (Å²) < 4.78 is 7.41. The second-order valence-electron chi connectivity index (χ2n) is 3.80. The molecule has 0 aliphatic carbocycles. The van der Waals surface area contributed by atoms with Crippen LogP contribution in [0.15, 0.2) is 21.1 Å². The highest BCUT2D eigenvalue weighted by molar-refractivity contribution is 9.11.